The van der Waals surface area contributed by atoms with Crippen molar-refractivity contribution in [3.8, 4) is 11.1 Å². The van der Waals surface area contributed by atoms with Crippen LogP contribution in [0.4, 0.5) is 4.39 Å². The van der Waals surface area contributed by atoms with Crippen molar-refractivity contribution in [1.29, 1.82) is 0 Å². The lowest BCUT2D eigenvalue weighted by atomic mass is 9.96. The van der Waals surface area contributed by atoms with Crippen LogP contribution in [0.3, 0.4) is 0 Å². The van der Waals surface area contributed by atoms with Gasteiger partial charge in [-0.05, 0) is 29.5 Å². The SMILES string of the molecule is CCCCCC1CC[Si](c2ccc(-c3ccc(CCC)cc3)c(F)c2)CC1. The van der Waals surface area contributed by atoms with Crippen LogP contribution < -0.4 is 5.19 Å². The molecule has 2 aromatic rings. The first-order valence-corrected chi connectivity index (χ1v) is 12.9. The van der Waals surface area contributed by atoms with Gasteiger partial charge in [0.1, 0.15) is 5.82 Å². The van der Waals surface area contributed by atoms with E-state index in [9.17, 15) is 4.39 Å². The van der Waals surface area contributed by atoms with Crippen LogP contribution in [0.5, 0.6) is 0 Å². The third-order valence-electron chi connectivity index (χ3n) is 6.11. The number of hydrogen-bond acceptors (Lipinski definition) is 0. The van der Waals surface area contributed by atoms with E-state index in [2.05, 4.69) is 44.2 Å². The zero-order chi connectivity index (χ0) is 19.1. The molecule has 27 heavy (non-hydrogen) atoms. The Hall–Kier alpha value is -1.41. The summed E-state index contributed by atoms with van der Waals surface area (Å²) in [5, 5.41) is 1.30. The number of benzene rings is 2. The van der Waals surface area contributed by atoms with E-state index in [1.165, 1.54) is 61.4 Å². The molecule has 0 saturated carbocycles. The smallest absolute Gasteiger partial charge is 0.130 e. The second-order valence-electron chi connectivity index (χ2n) is 8.18. The highest BCUT2D eigenvalue weighted by molar-refractivity contribution is 6.73. The van der Waals surface area contributed by atoms with Crippen molar-refractivity contribution in [2.24, 2.45) is 5.92 Å². The molecule has 1 heterocycles. The summed E-state index contributed by atoms with van der Waals surface area (Å²) in [5.74, 6) is 0.884. The molecule has 0 unspecified atom stereocenters. The van der Waals surface area contributed by atoms with Crippen molar-refractivity contribution >= 4 is 14.0 Å². The number of unbranched alkanes of at least 4 members (excludes halogenated alkanes) is 2. The van der Waals surface area contributed by atoms with Crippen molar-refractivity contribution in [2.75, 3.05) is 0 Å². The first-order valence-electron chi connectivity index (χ1n) is 10.9. The lowest BCUT2D eigenvalue weighted by Crippen LogP contribution is -2.34. The maximum Gasteiger partial charge on any atom is 0.130 e. The molecule has 145 valence electrons. The van der Waals surface area contributed by atoms with Crippen LogP contribution in [0.25, 0.3) is 11.1 Å². The van der Waals surface area contributed by atoms with Gasteiger partial charge in [0.25, 0.3) is 0 Å². The molecule has 1 radical (unpaired) electrons. The predicted octanol–water partition coefficient (Wildman–Crippen LogP) is 7.14. The molecule has 1 aliphatic heterocycles. The molecule has 0 amide bonds. The van der Waals surface area contributed by atoms with Crippen LogP contribution in [0.1, 0.15) is 64.4 Å². The van der Waals surface area contributed by atoms with Gasteiger partial charge in [-0.3, -0.25) is 0 Å². The fraction of sp³-hybridized carbons (Fsp3) is 0.520. The summed E-state index contributed by atoms with van der Waals surface area (Å²) in [4.78, 5) is 0. The van der Waals surface area contributed by atoms with Gasteiger partial charge in [0.05, 0.1) is 8.80 Å². The van der Waals surface area contributed by atoms with Gasteiger partial charge in [0.2, 0.25) is 0 Å². The van der Waals surface area contributed by atoms with Gasteiger partial charge < -0.3 is 0 Å². The number of halogens is 1. The van der Waals surface area contributed by atoms with E-state index in [0.29, 0.717) is 0 Å². The van der Waals surface area contributed by atoms with E-state index in [1.54, 1.807) is 0 Å². The van der Waals surface area contributed by atoms with Crippen LogP contribution in [0.15, 0.2) is 42.5 Å². The Morgan fingerprint density at radius 1 is 0.926 bits per heavy atom. The lowest BCUT2D eigenvalue weighted by Gasteiger charge is -2.27. The molecule has 0 N–H and O–H groups in total. The first-order chi connectivity index (χ1) is 13.2. The summed E-state index contributed by atoms with van der Waals surface area (Å²) >= 11 is 0. The van der Waals surface area contributed by atoms with Gasteiger partial charge in [-0.25, -0.2) is 4.39 Å². The van der Waals surface area contributed by atoms with Gasteiger partial charge in [-0.15, -0.1) is 0 Å². The fourth-order valence-electron chi connectivity index (χ4n) is 4.40. The van der Waals surface area contributed by atoms with Crippen molar-refractivity contribution in [3.05, 3.63) is 53.8 Å². The van der Waals surface area contributed by atoms with Crippen LogP contribution in [0, 0.1) is 11.7 Å². The quantitative estimate of drug-likeness (QED) is 0.337. The largest absolute Gasteiger partial charge is 0.206 e. The van der Waals surface area contributed by atoms with Crippen LogP contribution in [-0.2, 0) is 6.42 Å². The van der Waals surface area contributed by atoms with E-state index in [1.807, 2.05) is 12.1 Å². The molecule has 0 spiro atoms. The van der Waals surface area contributed by atoms with Crippen molar-refractivity contribution in [2.45, 2.75) is 77.3 Å². The second kappa shape index (κ2) is 10.2. The first kappa shape index (κ1) is 20.3. The topological polar surface area (TPSA) is 0 Å². The maximum atomic E-state index is 14.8. The Bertz CT molecular complexity index is 699. The molecule has 0 aromatic heterocycles. The predicted molar refractivity (Wildman–Crippen MR) is 118 cm³/mol. The molecule has 1 saturated heterocycles. The lowest BCUT2D eigenvalue weighted by molar-refractivity contribution is 0.418. The van der Waals surface area contributed by atoms with Gasteiger partial charge in [-0.2, -0.15) is 0 Å². The van der Waals surface area contributed by atoms with E-state index in [4.69, 9.17) is 0 Å². The molecule has 3 rings (SSSR count). The molecule has 1 fully saturated rings. The van der Waals surface area contributed by atoms with Gasteiger partial charge in [0, 0.05) is 5.56 Å². The normalized spacial score (nSPS) is 16.0. The highest BCUT2D eigenvalue weighted by Gasteiger charge is 2.24. The molecule has 0 aliphatic carbocycles. The Morgan fingerprint density at radius 2 is 1.67 bits per heavy atom. The Morgan fingerprint density at radius 3 is 2.30 bits per heavy atom. The summed E-state index contributed by atoms with van der Waals surface area (Å²) < 4.78 is 14.8. The third kappa shape index (κ3) is 5.54. The monoisotopic (exact) mass is 381 g/mol. The summed E-state index contributed by atoms with van der Waals surface area (Å²) in [6, 6.07) is 17.1. The van der Waals surface area contributed by atoms with Gasteiger partial charge in [0.15, 0.2) is 0 Å². The summed E-state index contributed by atoms with van der Waals surface area (Å²) in [5.41, 5.74) is 3.08. The molecular formula is C25H34FSi. The highest BCUT2D eigenvalue weighted by atomic mass is 28.3. The van der Waals surface area contributed by atoms with Gasteiger partial charge in [-0.1, -0.05) is 112 Å². The van der Waals surface area contributed by atoms with E-state index >= 15 is 0 Å². The molecule has 0 nitrogen and oxygen atoms in total. The second-order valence-corrected chi connectivity index (χ2v) is 11.0. The summed E-state index contributed by atoms with van der Waals surface area (Å²) in [6.07, 6.45) is 10.4. The van der Waals surface area contributed by atoms with Crippen molar-refractivity contribution < 1.29 is 4.39 Å². The zero-order valence-corrected chi connectivity index (χ0v) is 18.1. The van der Waals surface area contributed by atoms with Crippen molar-refractivity contribution in [1.82, 2.24) is 0 Å². The Labute approximate surface area is 166 Å². The minimum Gasteiger partial charge on any atom is -0.206 e. The van der Waals surface area contributed by atoms with Crippen LogP contribution >= 0.6 is 0 Å². The average molecular weight is 382 g/mol. The molecular weight excluding hydrogens is 347 g/mol. The molecule has 1 aliphatic rings. The Balaban J connectivity index is 1.61. The number of rotatable bonds is 8. The zero-order valence-electron chi connectivity index (χ0n) is 17.1. The maximum absolute atomic E-state index is 14.8. The summed E-state index contributed by atoms with van der Waals surface area (Å²) in [6.45, 7) is 4.47. The molecule has 0 bridgehead atoms. The average Bonchev–Trinajstić information content (AvgIpc) is 2.70. The minimum atomic E-state index is -0.562. The number of hydrogen-bond donors (Lipinski definition) is 0. The Kier molecular flexibility index (Phi) is 7.69. The van der Waals surface area contributed by atoms with Crippen molar-refractivity contribution in [3.63, 3.8) is 0 Å². The number of aryl methyl sites for hydroxylation is 1. The van der Waals surface area contributed by atoms with Crippen LogP contribution in [0.2, 0.25) is 12.1 Å². The summed E-state index contributed by atoms with van der Waals surface area (Å²) in [7, 11) is -0.562. The standard InChI is InChI=1S/C25H34FSi/c1-3-5-6-8-21-15-17-27(18-16-21)23-13-14-24(25(26)19-23)22-11-9-20(7-4-2)10-12-22/h9-14,19,21H,3-8,15-18H2,1-2H3. The minimum absolute atomic E-state index is 0.0432. The van der Waals surface area contributed by atoms with Crippen LogP contribution in [-0.4, -0.2) is 8.80 Å². The van der Waals surface area contributed by atoms with Gasteiger partial charge >= 0.3 is 0 Å². The highest BCUT2D eigenvalue weighted by Crippen LogP contribution is 2.30. The van der Waals surface area contributed by atoms with E-state index in [0.717, 1.165) is 29.9 Å². The third-order valence-corrected chi connectivity index (χ3v) is 9.02. The van der Waals surface area contributed by atoms with E-state index < -0.39 is 8.80 Å². The molecule has 2 heteroatoms. The molecule has 0 atom stereocenters. The molecule has 2 aromatic carbocycles. The van der Waals surface area contributed by atoms with E-state index in [-0.39, 0.29) is 5.82 Å². The fourth-order valence-corrected chi connectivity index (χ4v) is 7.39.